The van der Waals surface area contributed by atoms with Crippen molar-refractivity contribution in [1.82, 2.24) is 4.57 Å². The summed E-state index contributed by atoms with van der Waals surface area (Å²) in [5.74, 6) is 0. The topological polar surface area (TPSA) is 17.9 Å². The number of aromatic nitrogens is 1. The van der Waals surface area contributed by atoms with E-state index in [9.17, 15) is 0 Å². The Morgan fingerprint density at radius 1 is 0.491 bits per heavy atom. The smallest absolute Gasteiger partial charge is 0.504 e. The summed E-state index contributed by atoms with van der Waals surface area (Å²) >= 11 is 0. The monoisotopic (exact) mass is 862 g/mol. The van der Waals surface area contributed by atoms with Crippen LogP contribution in [-0.2, 0) is 26.5 Å². The Kier molecular flexibility index (Phi) is 7.15. The maximum absolute atomic E-state index is 4.10. The Hall–Kier alpha value is -5.77. The van der Waals surface area contributed by atoms with Gasteiger partial charge in [0.1, 0.15) is 0 Å². The van der Waals surface area contributed by atoms with Gasteiger partial charge in [-0.15, -0.1) is 34.6 Å². The van der Waals surface area contributed by atoms with Crippen molar-refractivity contribution in [1.29, 1.82) is 0 Å². The maximum atomic E-state index is 4.10. The van der Waals surface area contributed by atoms with Crippen molar-refractivity contribution in [3.63, 3.8) is 0 Å². The number of anilines is 6. The van der Waals surface area contributed by atoms with E-state index in [1.54, 1.807) is 0 Å². The van der Waals surface area contributed by atoms with E-state index in [-0.39, 0.29) is 21.1 Å². The van der Waals surface area contributed by atoms with Crippen LogP contribution in [0.15, 0.2) is 152 Å². The molecule has 0 saturated carbocycles. The van der Waals surface area contributed by atoms with Crippen LogP contribution in [0.25, 0.3) is 27.5 Å². The molecule has 4 heterocycles. The van der Waals surface area contributed by atoms with Crippen LogP contribution in [0.1, 0.15) is 22.3 Å². The summed E-state index contributed by atoms with van der Waals surface area (Å²) in [6.45, 7) is 4.32. The number of nitrogens with zero attached hydrogens (tertiary/aromatic N) is 5. The third-order valence-corrected chi connectivity index (χ3v) is 11.2. The van der Waals surface area contributed by atoms with E-state index in [1.807, 2.05) is 0 Å². The molecule has 0 saturated heterocycles. The van der Waals surface area contributed by atoms with Gasteiger partial charge in [0.2, 0.25) is 0 Å². The molecule has 3 aliphatic heterocycles. The van der Waals surface area contributed by atoms with Crippen LogP contribution in [0.5, 0.6) is 0 Å². The quantitative estimate of drug-likeness (QED) is 0.164. The van der Waals surface area contributed by atoms with Crippen LogP contribution in [0.4, 0.5) is 34.1 Å². The molecule has 0 fully saturated rings. The van der Waals surface area contributed by atoms with Gasteiger partial charge in [-0.2, -0.15) is 43.7 Å². The zero-order valence-electron chi connectivity index (χ0n) is 29.1. The fourth-order valence-electron chi connectivity index (χ4n) is 8.94. The van der Waals surface area contributed by atoms with E-state index in [0.717, 1.165) is 39.6 Å². The summed E-state index contributed by atoms with van der Waals surface area (Å²) in [5.41, 5.74) is 13.9. The molecular formula is C47H33N5Pt. The molecule has 1 aromatic heterocycles. The SMILES string of the molecule is CN1[CH-]N(c2[c-]c(C3(c4ccccc4)c4[c-]c(N5[CH-]N(C)c6ccccc65)ccc4-n4c5ccccc5c5cccc3c54)ccc2)c2ccccc21.[Pt+4]. The Morgan fingerprint density at radius 3 is 1.79 bits per heavy atom. The zero-order valence-corrected chi connectivity index (χ0v) is 31.4. The van der Waals surface area contributed by atoms with Crippen molar-refractivity contribution < 1.29 is 21.1 Å². The predicted molar refractivity (Wildman–Crippen MR) is 213 cm³/mol. The summed E-state index contributed by atoms with van der Waals surface area (Å²) < 4.78 is 2.47. The number of rotatable bonds is 4. The first-order valence-corrected chi connectivity index (χ1v) is 17.7. The van der Waals surface area contributed by atoms with Gasteiger partial charge < -0.3 is 24.2 Å². The van der Waals surface area contributed by atoms with Crippen molar-refractivity contribution in [3.05, 3.63) is 199 Å². The Morgan fingerprint density at radius 2 is 1.08 bits per heavy atom. The molecule has 0 aliphatic carbocycles. The molecule has 7 aromatic carbocycles. The largest absolute Gasteiger partial charge is 4.00 e. The Bertz CT molecular complexity index is 2720. The van der Waals surface area contributed by atoms with Crippen molar-refractivity contribution in [3.8, 4) is 5.69 Å². The zero-order chi connectivity index (χ0) is 34.6. The molecule has 8 aromatic rings. The number of fused-ring (bicyclic) bond motifs is 7. The minimum Gasteiger partial charge on any atom is -0.504 e. The fraction of sp³-hybridized carbons (Fsp3) is 0.0638. The molecule has 0 bridgehead atoms. The number of para-hydroxylation sites is 6. The first-order valence-electron chi connectivity index (χ1n) is 17.7. The number of hydrogen-bond acceptors (Lipinski definition) is 4. The van der Waals surface area contributed by atoms with Crippen LogP contribution in [0.2, 0.25) is 0 Å². The molecule has 53 heavy (non-hydrogen) atoms. The number of hydrogen-bond donors (Lipinski definition) is 0. The van der Waals surface area contributed by atoms with Gasteiger partial charge in [0.15, 0.2) is 0 Å². The van der Waals surface area contributed by atoms with Crippen molar-refractivity contribution in [2.75, 3.05) is 33.7 Å². The molecule has 11 rings (SSSR count). The molecule has 256 valence electrons. The molecular weight excluding hydrogens is 830 g/mol. The summed E-state index contributed by atoms with van der Waals surface area (Å²) in [6, 6.07) is 63.0. The van der Waals surface area contributed by atoms with E-state index in [4.69, 9.17) is 0 Å². The second kappa shape index (κ2) is 11.9. The normalized spacial score (nSPS) is 16.9. The van der Waals surface area contributed by atoms with Crippen molar-refractivity contribution in [2.45, 2.75) is 5.41 Å². The van der Waals surface area contributed by atoms with Gasteiger partial charge in [0.05, 0.1) is 0 Å². The van der Waals surface area contributed by atoms with Gasteiger partial charge in [-0.25, -0.2) is 0 Å². The standard InChI is InChI=1S/C47H33N5.Pt/c1-48-30-50(44-24-10-8-22-42(44)48)34-17-12-16-33(28-34)47(32-14-4-3-5-15-32)38-20-13-19-37-36-18-6-7-21-40(36)52(46(37)38)41-27-26-35(29-39(41)47)51-31-49(2)43-23-9-11-25-45(43)51;/h3-27,30-31H,1-2H3;/q-4;+4. The molecule has 6 heteroatoms. The Labute approximate surface area is 324 Å². The van der Waals surface area contributed by atoms with E-state index in [1.165, 1.54) is 44.3 Å². The predicted octanol–water partition coefficient (Wildman–Crippen LogP) is 10.5. The van der Waals surface area contributed by atoms with E-state index in [2.05, 4.69) is 215 Å². The van der Waals surface area contributed by atoms with Crippen molar-refractivity contribution >= 4 is 55.9 Å². The minimum atomic E-state index is -0.747. The first kappa shape index (κ1) is 31.9. The minimum absolute atomic E-state index is 0. The molecule has 0 radical (unpaired) electrons. The van der Waals surface area contributed by atoms with Gasteiger partial charge in [-0.1, -0.05) is 96.7 Å². The molecule has 1 unspecified atom stereocenters. The van der Waals surface area contributed by atoms with Gasteiger partial charge in [-0.3, -0.25) is 0 Å². The number of benzene rings is 7. The van der Waals surface area contributed by atoms with E-state index >= 15 is 0 Å². The second-order valence-electron chi connectivity index (χ2n) is 13.9. The van der Waals surface area contributed by atoms with Gasteiger partial charge in [-0.05, 0) is 55.6 Å². The third-order valence-electron chi connectivity index (χ3n) is 11.2. The molecule has 0 amide bonds. The molecule has 5 nitrogen and oxygen atoms in total. The van der Waals surface area contributed by atoms with Crippen LogP contribution < -0.4 is 19.6 Å². The van der Waals surface area contributed by atoms with Gasteiger partial charge in [0, 0.05) is 50.0 Å². The molecule has 0 N–H and O–H groups in total. The molecule has 1 atom stereocenters. The third kappa shape index (κ3) is 4.35. The Balaban J connectivity index is 0.00000349. The first-order chi connectivity index (χ1) is 25.6. The van der Waals surface area contributed by atoms with Crippen LogP contribution in [0.3, 0.4) is 0 Å². The second-order valence-corrected chi connectivity index (χ2v) is 13.9. The molecule has 3 aliphatic rings. The van der Waals surface area contributed by atoms with Gasteiger partial charge >= 0.3 is 21.1 Å². The maximum Gasteiger partial charge on any atom is 4.00 e. The summed E-state index contributed by atoms with van der Waals surface area (Å²) in [4.78, 5) is 8.88. The van der Waals surface area contributed by atoms with Crippen molar-refractivity contribution in [2.24, 2.45) is 0 Å². The van der Waals surface area contributed by atoms with E-state index in [0.29, 0.717) is 0 Å². The average Bonchev–Trinajstić information content (AvgIpc) is 3.85. The van der Waals surface area contributed by atoms with Gasteiger partial charge in [0.25, 0.3) is 0 Å². The summed E-state index contributed by atoms with van der Waals surface area (Å²) in [5, 5.41) is 2.48. The summed E-state index contributed by atoms with van der Waals surface area (Å²) in [7, 11) is 4.21. The fourth-order valence-corrected chi connectivity index (χ4v) is 8.94. The molecule has 0 spiro atoms. The van der Waals surface area contributed by atoms with E-state index < -0.39 is 5.41 Å². The van der Waals surface area contributed by atoms with Crippen LogP contribution >= 0.6 is 0 Å². The summed E-state index contributed by atoms with van der Waals surface area (Å²) in [6.07, 6.45) is 0. The average molecular weight is 863 g/mol. The van der Waals surface area contributed by atoms with Crippen LogP contribution in [0, 0.1) is 25.5 Å². The van der Waals surface area contributed by atoms with Crippen LogP contribution in [-0.4, -0.2) is 18.7 Å².